The van der Waals surface area contributed by atoms with Crippen LogP contribution in [-0.4, -0.2) is 157 Å². The maximum Gasteiger partial charge on any atom is 0.326 e. The fraction of sp³-hybridized carbons (Fsp3) is 0.529. The summed E-state index contributed by atoms with van der Waals surface area (Å²) in [6, 6.07) is 2.23. The number of benzene rings is 2. The predicted octanol–water partition coefficient (Wildman–Crippen LogP) is -0.0429. The largest absolute Gasteiger partial charge is 0.481 e. The molecule has 2 aromatic rings. The molecule has 77 heavy (non-hydrogen) atoms. The number of hydrogen-bond acceptors (Lipinski definition) is 13. The van der Waals surface area contributed by atoms with Crippen molar-refractivity contribution in [2.45, 2.75) is 153 Å². The summed E-state index contributed by atoms with van der Waals surface area (Å²) in [4.78, 5) is 158. The summed E-state index contributed by atoms with van der Waals surface area (Å²) >= 11 is 3.47. The first kappa shape index (κ1) is 63.8. The van der Waals surface area contributed by atoms with Gasteiger partial charge in [-0.25, -0.2) is 4.79 Å². The van der Waals surface area contributed by atoms with Crippen molar-refractivity contribution in [3.8, 4) is 0 Å². The fourth-order valence-corrected chi connectivity index (χ4v) is 8.66. The van der Waals surface area contributed by atoms with Crippen molar-refractivity contribution in [1.82, 2.24) is 42.1 Å². The third-order valence-electron chi connectivity index (χ3n) is 12.4. The van der Waals surface area contributed by atoms with Crippen LogP contribution in [0.5, 0.6) is 0 Å². The number of rotatable bonds is 31. The number of amides is 8. The van der Waals surface area contributed by atoms with Crippen LogP contribution in [0.1, 0.15) is 97.1 Å². The van der Waals surface area contributed by atoms with Gasteiger partial charge in [0.05, 0.1) is 12.5 Å². The number of nitrogens with one attached hydrogen (secondary N) is 7. The lowest BCUT2D eigenvalue weighted by molar-refractivity contribution is -0.144. The van der Waals surface area contributed by atoms with Gasteiger partial charge in [0.2, 0.25) is 47.3 Å². The zero-order chi connectivity index (χ0) is 57.7. The van der Waals surface area contributed by atoms with E-state index in [9.17, 15) is 72.9 Å². The molecule has 0 spiro atoms. The number of nitrogens with zero attached hydrogens (tertiary/aromatic N) is 1. The highest BCUT2D eigenvalue weighted by atomic mass is 79.9. The number of halogens is 1. The van der Waals surface area contributed by atoms with Crippen LogP contribution in [0.3, 0.4) is 0 Å². The van der Waals surface area contributed by atoms with E-state index in [1.807, 2.05) is 0 Å². The van der Waals surface area contributed by atoms with E-state index in [1.165, 1.54) is 4.90 Å². The summed E-state index contributed by atoms with van der Waals surface area (Å²) in [5.41, 5.74) is 7.01. The second-order valence-electron chi connectivity index (χ2n) is 19.5. The van der Waals surface area contributed by atoms with Crippen molar-refractivity contribution in [3.63, 3.8) is 0 Å². The van der Waals surface area contributed by atoms with E-state index < -0.39 is 151 Å². The predicted molar refractivity (Wildman–Crippen MR) is 278 cm³/mol. The van der Waals surface area contributed by atoms with Gasteiger partial charge in [0, 0.05) is 36.7 Å². The van der Waals surface area contributed by atoms with E-state index in [0.717, 1.165) is 6.92 Å². The quantitative estimate of drug-likeness (QED) is 0.0471. The number of likely N-dealkylation sites (tertiary alicyclic amines) is 1. The fourth-order valence-electron chi connectivity index (χ4n) is 8.22. The average molecular weight is 1150 g/mol. The van der Waals surface area contributed by atoms with E-state index in [2.05, 4.69) is 53.1 Å². The van der Waals surface area contributed by atoms with Crippen molar-refractivity contribution < 1.29 is 78.0 Å². The van der Waals surface area contributed by atoms with E-state index in [4.69, 9.17) is 10.8 Å². The minimum Gasteiger partial charge on any atom is -0.481 e. The van der Waals surface area contributed by atoms with Gasteiger partial charge in [-0.2, -0.15) is 0 Å². The highest BCUT2D eigenvalue weighted by molar-refractivity contribution is 9.10. The zero-order valence-electron chi connectivity index (χ0n) is 43.4. The molecule has 3 rings (SSSR count). The molecule has 1 aliphatic heterocycles. The summed E-state index contributed by atoms with van der Waals surface area (Å²) in [6.45, 7) is 7.99. The summed E-state index contributed by atoms with van der Waals surface area (Å²) in [7, 11) is 0. The second-order valence-corrected chi connectivity index (χ2v) is 20.3. The molecular weight excluding hydrogens is 1070 g/mol. The highest BCUT2D eigenvalue weighted by Gasteiger charge is 2.41. The lowest BCUT2D eigenvalue weighted by Crippen LogP contribution is -2.61. The first-order valence-corrected chi connectivity index (χ1v) is 25.8. The molecule has 2 aromatic carbocycles. The van der Waals surface area contributed by atoms with Crippen molar-refractivity contribution in [2.75, 3.05) is 6.54 Å². The minimum absolute atomic E-state index is 0.0150. The smallest absolute Gasteiger partial charge is 0.326 e. The van der Waals surface area contributed by atoms with Crippen LogP contribution in [0.25, 0.3) is 0 Å². The van der Waals surface area contributed by atoms with Gasteiger partial charge < -0.3 is 68.3 Å². The Bertz CT molecular complexity index is 2460. The molecule has 0 unspecified atom stereocenters. The minimum atomic E-state index is -1.84. The van der Waals surface area contributed by atoms with Gasteiger partial charge >= 0.3 is 23.9 Å². The molecule has 1 saturated heterocycles. The molecule has 1 aliphatic rings. The molecule has 0 aromatic heterocycles. The maximum atomic E-state index is 14.7. The molecule has 0 aliphatic carbocycles. The van der Waals surface area contributed by atoms with Crippen LogP contribution in [0.4, 0.5) is 0 Å². The van der Waals surface area contributed by atoms with Gasteiger partial charge in [-0.05, 0) is 68.1 Å². The van der Waals surface area contributed by atoms with Crippen LogP contribution >= 0.6 is 15.9 Å². The van der Waals surface area contributed by atoms with Crippen LogP contribution in [0.15, 0.2) is 59.1 Å². The third kappa shape index (κ3) is 21.2. The van der Waals surface area contributed by atoms with Crippen LogP contribution in [-0.2, 0) is 70.4 Å². The Morgan fingerprint density at radius 2 is 1.16 bits per heavy atom. The topological polar surface area (TPSA) is 399 Å². The van der Waals surface area contributed by atoms with Crippen LogP contribution in [0.2, 0.25) is 0 Å². The first-order valence-electron chi connectivity index (χ1n) is 25.0. The average Bonchev–Trinajstić information content (AvgIpc) is 3.85. The Kier molecular flexibility index (Phi) is 25.6. The monoisotopic (exact) mass is 1140 g/mol. The molecular formula is C51H70BrN9O16. The molecule has 1 heterocycles. The molecule has 8 amide bonds. The number of nitrogens with two attached hydrogens (primary N) is 1. The van der Waals surface area contributed by atoms with Crippen molar-refractivity contribution in [2.24, 2.45) is 17.6 Å². The molecule has 9 atom stereocenters. The molecule has 422 valence electrons. The number of carboxylic acids is 4. The number of hydrogen-bond donors (Lipinski definition) is 12. The van der Waals surface area contributed by atoms with Crippen molar-refractivity contribution >= 4 is 87.1 Å². The summed E-state index contributed by atoms with van der Waals surface area (Å²) in [6.07, 6.45) is -2.63. The second kappa shape index (κ2) is 30.9. The summed E-state index contributed by atoms with van der Waals surface area (Å²) < 4.78 is 0.571. The van der Waals surface area contributed by atoms with Gasteiger partial charge in [-0.3, -0.25) is 52.7 Å². The lowest BCUT2D eigenvalue weighted by Gasteiger charge is -2.31. The molecule has 0 bridgehead atoms. The summed E-state index contributed by atoms with van der Waals surface area (Å²) in [5.74, 6) is -13.5. The van der Waals surface area contributed by atoms with Crippen molar-refractivity contribution in [1.29, 1.82) is 0 Å². The molecule has 0 radical (unpaired) electrons. The van der Waals surface area contributed by atoms with Gasteiger partial charge in [-0.1, -0.05) is 92.2 Å². The lowest BCUT2D eigenvalue weighted by atomic mass is 9.98. The standard InChI is InChI=1S/C51H70BrN9O16/c1-26(2)22-34(57-49(74)42(27(3)4)60-44(69)32(53)17-19-39(62)63)47(72)58-36(24-30-14-9-10-15-31(30)52)50(75)61-21-11-16-38(61)48(73)56-35(25-41(66)67)46(71)54-28(5)43(68)55-33(18-20-40(64)65)45(70)59-37(51(76)77)23-29-12-7-6-8-13-29/h6-10,12-15,26-28,32-38,42H,11,16-25,53H2,1-5H3,(H,54,71)(H,55,68)(H,56,73)(H,57,74)(H,58,72)(H,59,70)(H,60,69)(H,62,63)(H,64,65)(H,66,67)(H,76,77)/t28-,32-,33-,34-,35-,36-,37-,38+,42-/m0/s1. The SMILES string of the molecule is CC(C)C[C@H](NC(=O)[C@@H](NC(=O)[C@@H](N)CCC(=O)O)C(C)C)C(=O)N[C@@H](Cc1ccccc1Br)C(=O)N1CCC[C@@H]1C(=O)N[C@@H](CC(=O)O)C(=O)N[C@@H](C)C(=O)N[C@@H](CCC(=O)O)C(=O)N[C@@H](Cc1ccccc1)C(=O)O. The maximum absolute atomic E-state index is 14.7. The Balaban J connectivity index is 1.83. The number of carbonyl (C=O) groups is 12. The van der Waals surface area contributed by atoms with Gasteiger partial charge in [0.1, 0.15) is 48.3 Å². The van der Waals surface area contributed by atoms with E-state index in [1.54, 1.807) is 82.3 Å². The zero-order valence-corrected chi connectivity index (χ0v) is 45.0. The number of aliphatic carboxylic acids is 4. The first-order chi connectivity index (χ1) is 36.2. The van der Waals surface area contributed by atoms with Gasteiger partial charge in [0.25, 0.3) is 0 Å². The molecule has 0 saturated carbocycles. The number of carbonyl (C=O) groups excluding carboxylic acids is 8. The van der Waals surface area contributed by atoms with Crippen LogP contribution < -0.4 is 43.0 Å². The van der Waals surface area contributed by atoms with E-state index >= 15 is 0 Å². The Morgan fingerprint density at radius 1 is 0.597 bits per heavy atom. The number of carboxylic acid groups (broad SMARTS) is 4. The normalized spacial score (nSPS) is 16.2. The van der Waals surface area contributed by atoms with Gasteiger partial charge in [-0.15, -0.1) is 0 Å². The van der Waals surface area contributed by atoms with E-state index in [0.29, 0.717) is 15.6 Å². The van der Waals surface area contributed by atoms with Crippen molar-refractivity contribution in [3.05, 3.63) is 70.2 Å². The molecule has 1 fully saturated rings. The Labute approximate surface area is 453 Å². The molecule has 13 N–H and O–H groups in total. The summed E-state index contributed by atoms with van der Waals surface area (Å²) in [5, 5.41) is 55.2. The third-order valence-corrected chi connectivity index (χ3v) is 13.1. The van der Waals surface area contributed by atoms with E-state index in [-0.39, 0.29) is 57.4 Å². The van der Waals surface area contributed by atoms with Crippen LogP contribution in [0, 0.1) is 11.8 Å². The Hall–Kier alpha value is -7.48. The highest BCUT2D eigenvalue weighted by Crippen LogP contribution is 2.23. The molecule has 26 heteroatoms. The van der Waals surface area contributed by atoms with Gasteiger partial charge in [0.15, 0.2) is 0 Å². The molecule has 25 nitrogen and oxygen atoms in total. The Morgan fingerprint density at radius 3 is 1.74 bits per heavy atom.